The molecule has 4 nitrogen and oxygen atoms in total. The lowest BCUT2D eigenvalue weighted by Crippen LogP contribution is -2.35. The number of hydrogen-bond donors (Lipinski definition) is 0. The Labute approximate surface area is 166 Å². The number of nitrogens with zero attached hydrogens (tertiary/aromatic N) is 2. The van der Waals surface area contributed by atoms with Gasteiger partial charge in [0.1, 0.15) is 11.6 Å². The Bertz CT molecular complexity index is 875. The van der Waals surface area contributed by atoms with Gasteiger partial charge < -0.3 is 4.74 Å². The molecule has 0 bridgehead atoms. The van der Waals surface area contributed by atoms with Crippen LogP contribution >= 0.6 is 0 Å². The molecule has 144 valence electrons. The molecule has 0 spiro atoms. The lowest BCUT2D eigenvalue weighted by Gasteiger charge is -2.22. The van der Waals surface area contributed by atoms with Crippen LogP contribution in [0.4, 0.5) is 5.82 Å². The SMILES string of the molecule is CCc1ccc(CN(C(=O)COc2ccc(CC)cc2)c2ccccn2)cc1. The minimum absolute atomic E-state index is 0.0326. The second-order valence-electron chi connectivity index (χ2n) is 6.62. The predicted molar refractivity (Wildman–Crippen MR) is 113 cm³/mol. The zero-order chi connectivity index (χ0) is 19.8. The molecule has 2 aromatic carbocycles. The van der Waals surface area contributed by atoms with E-state index in [1.165, 1.54) is 11.1 Å². The first-order chi connectivity index (χ1) is 13.7. The summed E-state index contributed by atoms with van der Waals surface area (Å²) in [6.07, 6.45) is 3.66. The molecule has 0 N–H and O–H groups in total. The van der Waals surface area contributed by atoms with Gasteiger partial charge in [-0.2, -0.15) is 0 Å². The number of aromatic nitrogens is 1. The summed E-state index contributed by atoms with van der Waals surface area (Å²) in [5.41, 5.74) is 3.58. The number of hydrogen-bond acceptors (Lipinski definition) is 3. The van der Waals surface area contributed by atoms with Crippen molar-refractivity contribution >= 4 is 11.7 Å². The topological polar surface area (TPSA) is 42.4 Å². The van der Waals surface area contributed by atoms with E-state index in [4.69, 9.17) is 4.74 Å². The number of carbonyl (C=O) groups is 1. The van der Waals surface area contributed by atoms with E-state index in [1.807, 2.05) is 42.5 Å². The minimum Gasteiger partial charge on any atom is -0.484 e. The second-order valence-corrected chi connectivity index (χ2v) is 6.62. The number of ether oxygens (including phenoxy) is 1. The molecule has 3 rings (SSSR count). The largest absolute Gasteiger partial charge is 0.484 e. The summed E-state index contributed by atoms with van der Waals surface area (Å²) in [6.45, 7) is 4.66. The lowest BCUT2D eigenvalue weighted by atomic mass is 10.1. The van der Waals surface area contributed by atoms with Gasteiger partial charge in [0.05, 0.1) is 6.54 Å². The standard InChI is InChI=1S/C24H26N2O2/c1-3-19-8-10-21(11-9-19)17-26(23-7-5-6-16-25-23)24(27)18-28-22-14-12-20(4-2)13-15-22/h5-16H,3-4,17-18H2,1-2H3. The molecule has 3 aromatic rings. The van der Waals surface area contributed by atoms with Crippen LogP contribution in [-0.2, 0) is 24.2 Å². The average molecular weight is 374 g/mol. The highest BCUT2D eigenvalue weighted by atomic mass is 16.5. The maximum Gasteiger partial charge on any atom is 0.266 e. The molecule has 0 aliphatic carbocycles. The van der Waals surface area contributed by atoms with Crippen LogP contribution in [0.1, 0.15) is 30.5 Å². The van der Waals surface area contributed by atoms with E-state index in [2.05, 4.69) is 43.1 Å². The first kappa shape index (κ1) is 19.6. The van der Waals surface area contributed by atoms with Crippen molar-refractivity contribution in [1.82, 2.24) is 4.98 Å². The van der Waals surface area contributed by atoms with Gasteiger partial charge in [-0.25, -0.2) is 4.98 Å². The summed E-state index contributed by atoms with van der Waals surface area (Å²) in [6, 6.07) is 21.7. The third kappa shape index (κ3) is 5.19. The van der Waals surface area contributed by atoms with Crippen molar-refractivity contribution in [3.8, 4) is 5.75 Å². The van der Waals surface area contributed by atoms with Crippen molar-refractivity contribution in [2.24, 2.45) is 0 Å². The summed E-state index contributed by atoms with van der Waals surface area (Å²) >= 11 is 0. The molecule has 1 aromatic heterocycles. The van der Waals surface area contributed by atoms with Crippen molar-refractivity contribution in [1.29, 1.82) is 0 Å². The summed E-state index contributed by atoms with van der Waals surface area (Å²) < 4.78 is 5.72. The maximum atomic E-state index is 12.9. The Balaban J connectivity index is 1.72. The zero-order valence-electron chi connectivity index (χ0n) is 16.5. The van der Waals surface area contributed by atoms with Gasteiger partial charge in [-0.05, 0) is 53.8 Å². The third-order valence-corrected chi connectivity index (χ3v) is 4.69. The fraction of sp³-hybridized carbons (Fsp3) is 0.250. The molecule has 0 aliphatic rings. The smallest absolute Gasteiger partial charge is 0.266 e. The summed E-state index contributed by atoms with van der Waals surface area (Å²) in [5.74, 6) is 1.19. The van der Waals surface area contributed by atoms with Gasteiger partial charge >= 0.3 is 0 Å². The Morgan fingerprint density at radius 3 is 2.04 bits per heavy atom. The van der Waals surface area contributed by atoms with E-state index in [0.29, 0.717) is 18.1 Å². The van der Waals surface area contributed by atoms with Gasteiger partial charge in [-0.15, -0.1) is 0 Å². The number of carbonyl (C=O) groups excluding carboxylic acids is 1. The van der Waals surface area contributed by atoms with Crippen LogP contribution in [0.15, 0.2) is 72.9 Å². The minimum atomic E-state index is -0.127. The van der Waals surface area contributed by atoms with Crippen LogP contribution in [0.25, 0.3) is 0 Å². The molecule has 0 atom stereocenters. The van der Waals surface area contributed by atoms with E-state index in [0.717, 1.165) is 18.4 Å². The van der Waals surface area contributed by atoms with E-state index >= 15 is 0 Å². The molecule has 1 amide bonds. The van der Waals surface area contributed by atoms with Crippen LogP contribution in [0.2, 0.25) is 0 Å². The highest BCUT2D eigenvalue weighted by Crippen LogP contribution is 2.17. The molecule has 0 radical (unpaired) electrons. The molecule has 28 heavy (non-hydrogen) atoms. The van der Waals surface area contributed by atoms with Crippen LogP contribution in [0.3, 0.4) is 0 Å². The van der Waals surface area contributed by atoms with Crippen molar-refractivity contribution in [2.45, 2.75) is 33.2 Å². The Morgan fingerprint density at radius 2 is 1.46 bits per heavy atom. The van der Waals surface area contributed by atoms with Gasteiger partial charge in [-0.3, -0.25) is 9.69 Å². The molecule has 0 saturated carbocycles. The first-order valence-electron chi connectivity index (χ1n) is 9.70. The fourth-order valence-corrected chi connectivity index (χ4v) is 2.92. The molecule has 0 fully saturated rings. The summed E-state index contributed by atoms with van der Waals surface area (Å²) in [4.78, 5) is 19.0. The number of rotatable bonds is 8. The molecule has 0 unspecified atom stereocenters. The number of benzene rings is 2. The van der Waals surface area contributed by atoms with Crippen LogP contribution in [0.5, 0.6) is 5.75 Å². The normalized spacial score (nSPS) is 10.5. The van der Waals surface area contributed by atoms with Gasteiger partial charge in [0.2, 0.25) is 0 Å². The van der Waals surface area contributed by atoms with Crippen molar-refractivity contribution in [3.05, 3.63) is 89.6 Å². The first-order valence-corrected chi connectivity index (χ1v) is 9.70. The van der Waals surface area contributed by atoms with E-state index in [-0.39, 0.29) is 12.5 Å². The number of amides is 1. The Morgan fingerprint density at radius 1 is 0.857 bits per heavy atom. The lowest BCUT2D eigenvalue weighted by molar-refractivity contribution is -0.120. The third-order valence-electron chi connectivity index (χ3n) is 4.69. The molecule has 4 heteroatoms. The average Bonchev–Trinajstić information content (AvgIpc) is 2.77. The highest BCUT2D eigenvalue weighted by molar-refractivity contribution is 5.93. The molecule has 0 saturated heterocycles. The Kier molecular flexibility index (Phi) is 6.79. The van der Waals surface area contributed by atoms with Gasteiger partial charge in [0.25, 0.3) is 5.91 Å². The molecule has 1 heterocycles. The van der Waals surface area contributed by atoms with Crippen molar-refractivity contribution in [2.75, 3.05) is 11.5 Å². The van der Waals surface area contributed by atoms with E-state index < -0.39 is 0 Å². The second kappa shape index (κ2) is 9.70. The van der Waals surface area contributed by atoms with Crippen LogP contribution < -0.4 is 9.64 Å². The fourth-order valence-electron chi connectivity index (χ4n) is 2.92. The Hall–Kier alpha value is -3.14. The van der Waals surface area contributed by atoms with Gasteiger partial charge in [0.15, 0.2) is 6.61 Å². The molecular formula is C24H26N2O2. The summed E-state index contributed by atoms with van der Waals surface area (Å²) in [7, 11) is 0. The van der Waals surface area contributed by atoms with Crippen LogP contribution in [0, 0.1) is 0 Å². The number of aryl methyl sites for hydroxylation is 2. The van der Waals surface area contributed by atoms with Crippen molar-refractivity contribution in [3.63, 3.8) is 0 Å². The van der Waals surface area contributed by atoms with Gasteiger partial charge in [-0.1, -0.05) is 56.3 Å². The summed E-state index contributed by atoms with van der Waals surface area (Å²) in [5, 5.41) is 0. The highest BCUT2D eigenvalue weighted by Gasteiger charge is 2.18. The number of pyridine rings is 1. The zero-order valence-corrected chi connectivity index (χ0v) is 16.5. The quantitative estimate of drug-likeness (QED) is 0.568. The van der Waals surface area contributed by atoms with Crippen molar-refractivity contribution < 1.29 is 9.53 Å². The van der Waals surface area contributed by atoms with E-state index in [9.17, 15) is 4.79 Å². The van der Waals surface area contributed by atoms with Crippen LogP contribution in [-0.4, -0.2) is 17.5 Å². The molecule has 0 aliphatic heterocycles. The number of anilines is 1. The van der Waals surface area contributed by atoms with E-state index in [1.54, 1.807) is 11.1 Å². The predicted octanol–water partition coefficient (Wildman–Crippen LogP) is 4.82. The van der Waals surface area contributed by atoms with Gasteiger partial charge in [0, 0.05) is 6.20 Å². The monoisotopic (exact) mass is 374 g/mol. The molecular weight excluding hydrogens is 348 g/mol. The maximum absolute atomic E-state index is 12.9.